The molecule has 0 aromatic rings. The van der Waals surface area contributed by atoms with E-state index in [4.69, 9.17) is 18.9 Å². The normalized spacial score (nSPS) is 50.0. The zero-order chi connectivity index (χ0) is 24.5. The molecule has 182 valence electrons. The van der Waals surface area contributed by atoms with Gasteiger partial charge < -0.3 is 29.2 Å². The molecule has 1 spiro atoms. The van der Waals surface area contributed by atoms with Crippen molar-refractivity contribution in [1.29, 1.82) is 0 Å². The van der Waals surface area contributed by atoms with E-state index in [1.165, 1.54) is 13.8 Å². The van der Waals surface area contributed by atoms with Gasteiger partial charge in [-0.15, -0.1) is 0 Å². The number of ether oxygens (including phenoxy) is 4. The van der Waals surface area contributed by atoms with Crippen molar-refractivity contribution >= 4 is 17.9 Å². The quantitative estimate of drug-likeness (QED) is 0.268. The summed E-state index contributed by atoms with van der Waals surface area (Å²) in [5.74, 6) is -2.91. The van der Waals surface area contributed by atoms with Crippen molar-refractivity contribution in [2.75, 3.05) is 0 Å². The molecule has 2 N–H and O–H groups in total. The molecule has 10 atom stereocenters. The molecule has 9 nitrogen and oxygen atoms in total. The van der Waals surface area contributed by atoms with Crippen LogP contribution in [0.3, 0.4) is 0 Å². The highest BCUT2D eigenvalue weighted by molar-refractivity contribution is 5.88. The first-order valence-corrected chi connectivity index (χ1v) is 11.3. The molecule has 2 saturated heterocycles. The Morgan fingerprint density at radius 1 is 1.15 bits per heavy atom. The highest BCUT2D eigenvalue weighted by atomic mass is 16.7. The molecule has 2 heterocycles. The smallest absolute Gasteiger partial charge is 0.342 e. The number of carbonyl (C=O) groups excluding carboxylic acids is 3. The first-order valence-electron chi connectivity index (χ1n) is 11.3. The Kier molecular flexibility index (Phi) is 5.54. The molecule has 0 aromatic heterocycles. The lowest BCUT2D eigenvalue weighted by Gasteiger charge is -2.51. The molecule has 0 amide bonds. The van der Waals surface area contributed by atoms with Gasteiger partial charge in [-0.3, -0.25) is 9.59 Å². The fraction of sp³-hybridized carbons (Fsp3) is 0.708. The number of rotatable bonds is 2. The van der Waals surface area contributed by atoms with E-state index >= 15 is 0 Å². The average Bonchev–Trinajstić information content (AvgIpc) is 3.29. The molecule has 0 radical (unpaired) electrons. The summed E-state index contributed by atoms with van der Waals surface area (Å²) >= 11 is 0. The zero-order valence-electron chi connectivity index (χ0n) is 19.7. The predicted octanol–water partition coefficient (Wildman–Crippen LogP) is 1.20. The number of esters is 3. The van der Waals surface area contributed by atoms with Crippen LogP contribution in [0.25, 0.3) is 0 Å². The summed E-state index contributed by atoms with van der Waals surface area (Å²) in [5.41, 5.74) is -3.02. The molecule has 2 fully saturated rings. The van der Waals surface area contributed by atoms with E-state index in [9.17, 15) is 24.6 Å². The lowest BCUT2D eigenvalue weighted by molar-refractivity contribution is -0.189. The molecule has 0 unspecified atom stereocenters. The molecule has 4 rings (SSSR count). The minimum absolute atomic E-state index is 0.210. The van der Waals surface area contributed by atoms with Crippen molar-refractivity contribution in [3.8, 4) is 0 Å². The lowest BCUT2D eigenvalue weighted by Crippen LogP contribution is -2.61. The number of aliphatic hydroxyl groups is 2. The molecule has 33 heavy (non-hydrogen) atoms. The van der Waals surface area contributed by atoms with Gasteiger partial charge in [0.15, 0.2) is 17.3 Å². The van der Waals surface area contributed by atoms with Crippen LogP contribution in [0.2, 0.25) is 0 Å². The third-order valence-corrected chi connectivity index (χ3v) is 7.90. The lowest BCUT2D eigenvalue weighted by atomic mass is 9.57. The maximum Gasteiger partial charge on any atom is 0.342 e. The summed E-state index contributed by atoms with van der Waals surface area (Å²) in [7, 11) is 0. The van der Waals surface area contributed by atoms with E-state index in [0.717, 1.165) is 5.57 Å². The van der Waals surface area contributed by atoms with Gasteiger partial charge in [-0.25, -0.2) is 4.79 Å². The van der Waals surface area contributed by atoms with Crippen molar-refractivity contribution < 1.29 is 43.5 Å². The van der Waals surface area contributed by atoms with Crippen LogP contribution in [0, 0.1) is 17.3 Å². The predicted molar refractivity (Wildman–Crippen MR) is 113 cm³/mol. The van der Waals surface area contributed by atoms with Crippen LogP contribution in [-0.2, 0) is 33.3 Å². The van der Waals surface area contributed by atoms with Crippen LogP contribution >= 0.6 is 0 Å². The van der Waals surface area contributed by atoms with Crippen molar-refractivity contribution in [3.63, 3.8) is 0 Å². The SMILES string of the molecule is CC(=O)O[C@H]1C/C(C)=C\[C@H]2OC(=O)[C@@]3(C)O[C@@]23[C@H](O)[C@@H]2[C@H](C)[C@@H](O)C=C[C@@]2(C)[C@@H]1OC(C)=O. The van der Waals surface area contributed by atoms with Crippen LogP contribution in [-0.4, -0.2) is 69.8 Å². The van der Waals surface area contributed by atoms with Gasteiger partial charge in [-0.2, -0.15) is 0 Å². The van der Waals surface area contributed by atoms with Gasteiger partial charge in [0.25, 0.3) is 0 Å². The second-order valence-electron chi connectivity index (χ2n) is 10.2. The Balaban J connectivity index is 1.93. The Hall–Kier alpha value is -2.23. The molecule has 2 aliphatic heterocycles. The Morgan fingerprint density at radius 3 is 2.36 bits per heavy atom. The van der Waals surface area contributed by atoms with Crippen LogP contribution in [0.15, 0.2) is 23.8 Å². The number of aliphatic hydroxyl groups excluding tert-OH is 2. The summed E-state index contributed by atoms with van der Waals surface area (Å²) in [6, 6.07) is 0. The Labute approximate surface area is 192 Å². The molecular formula is C24H32O9. The molecule has 2 aliphatic carbocycles. The molecule has 0 bridgehead atoms. The third-order valence-electron chi connectivity index (χ3n) is 7.90. The summed E-state index contributed by atoms with van der Waals surface area (Å²) in [5, 5.41) is 22.5. The van der Waals surface area contributed by atoms with E-state index in [2.05, 4.69) is 0 Å². The van der Waals surface area contributed by atoms with Gasteiger partial charge in [-0.1, -0.05) is 31.6 Å². The molecule has 4 aliphatic rings. The summed E-state index contributed by atoms with van der Waals surface area (Å²) in [6.07, 6.45) is 0.369. The van der Waals surface area contributed by atoms with E-state index in [-0.39, 0.29) is 6.42 Å². The van der Waals surface area contributed by atoms with Crippen molar-refractivity contribution in [1.82, 2.24) is 0 Å². The largest absolute Gasteiger partial charge is 0.458 e. The van der Waals surface area contributed by atoms with Gasteiger partial charge in [-0.05, 0) is 25.8 Å². The van der Waals surface area contributed by atoms with Crippen LogP contribution in [0.4, 0.5) is 0 Å². The maximum absolute atomic E-state index is 12.7. The van der Waals surface area contributed by atoms with E-state index < -0.39 is 76.9 Å². The van der Waals surface area contributed by atoms with Crippen LogP contribution in [0.1, 0.15) is 48.0 Å². The topological polar surface area (TPSA) is 132 Å². The van der Waals surface area contributed by atoms with Gasteiger partial charge in [0.1, 0.15) is 12.2 Å². The van der Waals surface area contributed by atoms with E-state index in [1.54, 1.807) is 45.9 Å². The number of hydrogen-bond acceptors (Lipinski definition) is 9. The van der Waals surface area contributed by atoms with Gasteiger partial charge in [0, 0.05) is 31.6 Å². The van der Waals surface area contributed by atoms with Crippen LogP contribution < -0.4 is 0 Å². The monoisotopic (exact) mass is 464 g/mol. The van der Waals surface area contributed by atoms with E-state index in [1.807, 2.05) is 0 Å². The highest BCUT2D eigenvalue weighted by Gasteiger charge is 2.85. The first-order chi connectivity index (χ1) is 15.3. The second kappa shape index (κ2) is 7.65. The fourth-order valence-electron chi connectivity index (χ4n) is 6.23. The summed E-state index contributed by atoms with van der Waals surface area (Å²) in [6.45, 7) is 9.51. The highest BCUT2D eigenvalue weighted by Crippen LogP contribution is 2.64. The van der Waals surface area contributed by atoms with Crippen LogP contribution in [0.5, 0.6) is 0 Å². The number of epoxide rings is 1. The number of carbonyl (C=O) groups is 3. The van der Waals surface area contributed by atoms with E-state index in [0.29, 0.717) is 0 Å². The third kappa shape index (κ3) is 3.35. The molecule has 9 heteroatoms. The minimum atomic E-state index is -1.34. The Bertz CT molecular complexity index is 940. The Morgan fingerprint density at radius 2 is 1.79 bits per heavy atom. The van der Waals surface area contributed by atoms with Crippen molar-refractivity contribution in [2.45, 2.75) is 89.7 Å². The summed E-state index contributed by atoms with van der Waals surface area (Å²) < 4.78 is 23.0. The molecular weight excluding hydrogens is 432 g/mol. The number of hydrogen-bond donors (Lipinski definition) is 2. The average molecular weight is 465 g/mol. The minimum Gasteiger partial charge on any atom is -0.458 e. The first kappa shape index (κ1) is 23.9. The molecule has 0 aromatic carbocycles. The van der Waals surface area contributed by atoms with Gasteiger partial charge in [0.05, 0.1) is 12.2 Å². The standard InChI is InChI=1S/C24H32O9/c1-11-9-16(30-13(3)25)20(31-14(4)26)22(5)8-7-15(27)12(2)18(22)19(28)24-17(10-11)32-21(29)23(24,6)33-24/h7-8,10,12,15-20,27-28H,9H2,1-6H3/b11-10-/t12-,15+,16+,17-,18+,19-,20-,22-,23-,24-/m1/s1. The maximum atomic E-state index is 12.7. The fourth-order valence-corrected chi connectivity index (χ4v) is 6.23. The number of fused-ring (bicyclic) bond motifs is 1. The van der Waals surface area contributed by atoms with Crippen molar-refractivity contribution in [2.24, 2.45) is 17.3 Å². The van der Waals surface area contributed by atoms with Crippen molar-refractivity contribution in [3.05, 3.63) is 23.8 Å². The summed E-state index contributed by atoms with van der Waals surface area (Å²) in [4.78, 5) is 36.8. The zero-order valence-corrected chi connectivity index (χ0v) is 19.7. The molecule has 0 saturated carbocycles. The second-order valence-corrected chi connectivity index (χ2v) is 10.2. The van der Waals surface area contributed by atoms with Gasteiger partial charge in [0.2, 0.25) is 0 Å². The van der Waals surface area contributed by atoms with Gasteiger partial charge >= 0.3 is 17.9 Å².